The molecule has 3 N–H and O–H groups in total. The van der Waals surface area contributed by atoms with Crippen molar-refractivity contribution in [2.24, 2.45) is 7.05 Å². The van der Waals surface area contributed by atoms with Crippen molar-refractivity contribution in [3.8, 4) is 0 Å². The third kappa shape index (κ3) is 1.77. The Balaban J connectivity index is 2.14. The third-order valence-corrected chi connectivity index (χ3v) is 1.68. The van der Waals surface area contributed by atoms with Gasteiger partial charge in [-0.2, -0.15) is 5.10 Å². The molecule has 2 aromatic rings. The van der Waals surface area contributed by atoms with E-state index in [2.05, 4.69) is 25.4 Å². The molecule has 0 saturated heterocycles. The van der Waals surface area contributed by atoms with Crippen LogP contribution in [0.25, 0.3) is 0 Å². The molecule has 2 heterocycles. The predicted octanol–water partition coefficient (Wildman–Crippen LogP) is -0.362. The number of aromatic nitrogens is 4. The summed E-state index contributed by atoms with van der Waals surface area (Å²) < 4.78 is 5.85. The van der Waals surface area contributed by atoms with Gasteiger partial charge in [-0.15, -0.1) is 0 Å². The Morgan fingerprint density at radius 3 is 2.93 bits per heavy atom. The van der Waals surface area contributed by atoms with Gasteiger partial charge in [0.2, 0.25) is 11.5 Å². The fraction of sp³-hybridized carbons (Fsp3) is 0.143. The van der Waals surface area contributed by atoms with Crippen LogP contribution in [0.4, 0.5) is 11.6 Å². The Morgan fingerprint density at radius 2 is 2.40 bits per heavy atom. The highest BCUT2D eigenvalue weighted by Gasteiger charge is 2.16. The third-order valence-electron chi connectivity index (χ3n) is 1.68. The van der Waals surface area contributed by atoms with E-state index in [1.807, 2.05) is 0 Å². The van der Waals surface area contributed by atoms with Gasteiger partial charge in [0.1, 0.15) is 0 Å². The molecule has 8 nitrogen and oxygen atoms in total. The van der Waals surface area contributed by atoms with Gasteiger partial charge in [0.05, 0.1) is 0 Å². The standard InChI is InChI=1S/C7H8N6O2/c1-13-3-2-4(10-13)9-7(14)5-6(8)12-15-11-5/h2-3H,1H3,(H2,8,12)(H,9,10,14). The molecule has 0 saturated carbocycles. The highest BCUT2D eigenvalue weighted by atomic mass is 16.6. The lowest BCUT2D eigenvalue weighted by molar-refractivity contribution is 0.101. The molecule has 8 heteroatoms. The first kappa shape index (κ1) is 9.19. The summed E-state index contributed by atoms with van der Waals surface area (Å²) in [5.74, 6) is -0.152. The molecule has 0 atom stereocenters. The fourth-order valence-corrected chi connectivity index (χ4v) is 1.01. The second-order valence-corrected chi connectivity index (χ2v) is 2.83. The molecule has 2 aromatic heterocycles. The second kappa shape index (κ2) is 3.40. The number of aryl methyl sites for hydroxylation is 1. The van der Waals surface area contributed by atoms with Crippen LogP contribution in [-0.2, 0) is 7.05 Å². The van der Waals surface area contributed by atoms with Crippen molar-refractivity contribution in [3.05, 3.63) is 18.0 Å². The number of carbonyl (C=O) groups excluding carboxylic acids is 1. The molecule has 0 bridgehead atoms. The maximum absolute atomic E-state index is 11.5. The van der Waals surface area contributed by atoms with E-state index in [9.17, 15) is 4.79 Å². The number of hydrogen-bond donors (Lipinski definition) is 2. The van der Waals surface area contributed by atoms with E-state index in [4.69, 9.17) is 5.73 Å². The summed E-state index contributed by atoms with van der Waals surface area (Å²) in [6.07, 6.45) is 1.69. The van der Waals surface area contributed by atoms with Crippen LogP contribution in [0.5, 0.6) is 0 Å². The van der Waals surface area contributed by atoms with E-state index in [1.54, 1.807) is 24.0 Å². The van der Waals surface area contributed by atoms with Crippen LogP contribution in [0, 0.1) is 0 Å². The largest absolute Gasteiger partial charge is 0.379 e. The Bertz CT molecular complexity index is 487. The van der Waals surface area contributed by atoms with Crippen molar-refractivity contribution >= 4 is 17.5 Å². The van der Waals surface area contributed by atoms with Crippen LogP contribution < -0.4 is 11.1 Å². The zero-order valence-electron chi connectivity index (χ0n) is 7.84. The van der Waals surface area contributed by atoms with E-state index in [0.717, 1.165) is 0 Å². The summed E-state index contributed by atoms with van der Waals surface area (Å²) in [6.45, 7) is 0. The average Bonchev–Trinajstić information content (AvgIpc) is 2.75. The molecule has 0 unspecified atom stereocenters. The molecule has 0 aliphatic carbocycles. The summed E-state index contributed by atoms with van der Waals surface area (Å²) in [5.41, 5.74) is 5.29. The minimum Gasteiger partial charge on any atom is -0.379 e. The normalized spacial score (nSPS) is 10.2. The van der Waals surface area contributed by atoms with Crippen LogP contribution in [0.15, 0.2) is 16.9 Å². The lowest BCUT2D eigenvalue weighted by Gasteiger charge is -1.96. The fourth-order valence-electron chi connectivity index (χ4n) is 1.01. The molecule has 0 aliphatic heterocycles. The summed E-state index contributed by atoms with van der Waals surface area (Å²) >= 11 is 0. The van der Waals surface area contributed by atoms with Crippen molar-refractivity contribution in [3.63, 3.8) is 0 Å². The topological polar surface area (TPSA) is 112 Å². The number of anilines is 2. The van der Waals surface area contributed by atoms with Gasteiger partial charge >= 0.3 is 0 Å². The van der Waals surface area contributed by atoms with E-state index in [-0.39, 0.29) is 11.5 Å². The molecule has 0 aliphatic rings. The molecule has 0 fully saturated rings. The van der Waals surface area contributed by atoms with Crippen molar-refractivity contribution in [2.45, 2.75) is 0 Å². The smallest absolute Gasteiger partial charge is 0.283 e. The highest BCUT2D eigenvalue weighted by molar-refractivity contribution is 6.04. The molecule has 15 heavy (non-hydrogen) atoms. The van der Waals surface area contributed by atoms with Gasteiger partial charge in [-0.1, -0.05) is 0 Å². The lowest BCUT2D eigenvalue weighted by atomic mass is 10.4. The van der Waals surface area contributed by atoms with Crippen LogP contribution in [0.3, 0.4) is 0 Å². The van der Waals surface area contributed by atoms with Crippen molar-refractivity contribution in [2.75, 3.05) is 11.1 Å². The minimum absolute atomic E-state index is 0.0524. The van der Waals surface area contributed by atoms with Gasteiger partial charge < -0.3 is 11.1 Å². The van der Waals surface area contributed by atoms with Crippen molar-refractivity contribution < 1.29 is 9.42 Å². The van der Waals surface area contributed by atoms with Crippen LogP contribution >= 0.6 is 0 Å². The highest BCUT2D eigenvalue weighted by Crippen LogP contribution is 2.08. The van der Waals surface area contributed by atoms with Gasteiger partial charge in [0.15, 0.2) is 5.82 Å². The maximum atomic E-state index is 11.5. The summed E-state index contributed by atoms with van der Waals surface area (Å²) in [6, 6.07) is 1.64. The van der Waals surface area contributed by atoms with E-state index < -0.39 is 5.91 Å². The van der Waals surface area contributed by atoms with Gasteiger partial charge in [-0.05, 0) is 10.3 Å². The minimum atomic E-state index is -0.507. The molecule has 1 amide bonds. The van der Waals surface area contributed by atoms with Crippen LogP contribution in [0.1, 0.15) is 10.5 Å². The zero-order valence-corrected chi connectivity index (χ0v) is 7.84. The Labute approximate surface area is 84.0 Å². The second-order valence-electron chi connectivity index (χ2n) is 2.83. The Morgan fingerprint density at radius 1 is 1.60 bits per heavy atom. The average molecular weight is 208 g/mol. The number of amides is 1. The first-order chi connectivity index (χ1) is 7.16. The quantitative estimate of drug-likeness (QED) is 0.696. The van der Waals surface area contributed by atoms with Gasteiger partial charge in [0, 0.05) is 19.3 Å². The first-order valence-electron chi connectivity index (χ1n) is 4.06. The molecular formula is C7H8N6O2. The summed E-state index contributed by atoms with van der Waals surface area (Å²) in [5, 5.41) is 13.1. The van der Waals surface area contributed by atoms with Gasteiger partial charge in [-0.25, -0.2) is 4.63 Å². The molecular weight excluding hydrogens is 200 g/mol. The lowest BCUT2D eigenvalue weighted by Crippen LogP contribution is -2.14. The number of nitrogen functional groups attached to an aromatic ring is 1. The van der Waals surface area contributed by atoms with Crippen LogP contribution in [0.2, 0.25) is 0 Å². The molecule has 0 spiro atoms. The number of carbonyl (C=O) groups is 1. The number of nitrogens with two attached hydrogens (primary N) is 1. The van der Waals surface area contributed by atoms with E-state index >= 15 is 0 Å². The molecule has 0 aromatic carbocycles. The van der Waals surface area contributed by atoms with Gasteiger partial charge in [-0.3, -0.25) is 9.48 Å². The zero-order chi connectivity index (χ0) is 10.8. The molecule has 2 rings (SSSR count). The van der Waals surface area contributed by atoms with Crippen LogP contribution in [-0.4, -0.2) is 26.0 Å². The van der Waals surface area contributed by atoms with Crippen molar-refractivity contribution in [1.29, 1.82) is 0 Å². The maximum Gasteiger partial charge on any atom is 0.283 e. The monoisotopic (exact) mass is 208 g/mol. The summed E-state index contributed by atoms with van der Waals surface area (Å²) in [4.78, 5) is 11.5. The van der Waals surface area contributed by atoms with E-state index in [0.29, 0.717) is 5.82 Å². The number of nitrogens with zero attached hydrogens (tertiary/aromatic N) is 4. The molecule has 0 radical (unpaired) electrons. The number of rotatable bonds is 2. The van der Waals surface area contributed by atoms with Gasteiger partial charge in [0.25, 0.3) is 5.91 Å². The number of nitrogens with one attached hydrogen (secondary N) is 1. The molecule has 78 valence electrons. The Hall–Kier alpha value is -2.38. The number of hydrogen-bond acceptors (Lipinski definition) is 6. The summed E-state index contributed by atoms with van der Waals surface area (Å²) in [7, 11) is 1.74. The first-order valence-corrected chi connectivity index (χ1v) is 4.06. The van der Waals surface area contributed by atoms with Crippen molar-refractivity contribution in [1.82, 2.24) is 20.1 Å². The van der Waals surface area contributed by atoms with E-state index in [1.165, 1.54) is 0 Å². The predicted molar refractivity (Wildman–Crippen MR) is 49.9 cm³/mol. The SMILES string of the molecule is Cn1ccc(NC(=O)c2nonc2N)n1. The Kier molecular flexibility index (Phi) is 2.08.